The average molecular weight is 307 g/mol. The van der Waals surface area contributed by atoms with Crippen LogP contribution in [0.3, 0.4) is 0 Å². The van der Waals surface area contributed by atoms with Gasteiger partial charge in [-0.05, 0) is 56.9 Å². The summed E-state index contributed by atoms with van der Waals surface area (Å²) in [6.45, 7) is 6.26. The van der Waals surface area contributed by atoms with Crippen molar-refractivity contribution in [2.75, 3.05) is 32.7 Å². The standard InChI is InChI=1S/C16H25N3O3/c1-13-5-9-19(10-6-13)8-3-7-17-15(20)12-18-16(21)14-4-2-11-22-14/h2,4,11,13H,3,5-10,12H2,1H3,(H,17,20)(H,18,21). The normalized spacial score (nSPS) is 16.4. The summed E-state index contributed by atoms with van der Waals surface area (Å²) < 4.78 is 4.95. The zero-order valence-electron chi connectivity index (χ0n) is 13.1. The molecule has 6 heteroatoms. The summed E-state index contributed by atoms with van der Waals surface area (Å²) in [5.74, 6) is 0.510. The average Bonchev–Trinajstić information content (AvgIpc) is 3.05. The molecule has 0 aromatic carbocycles. The fourth-order valence-corrected chi connectivity index (χ4v) is 2.53. The van der Waals surface area contributed by atoms with Crippen molar-refractivity contribution >= 4 is 11.8 Å². The third-order valence-corrected chi connectivity index (χ3v) is 4.00. The van der Waals surface area contributed by atoms with E-state index in [1.807, 2.05) is 0 Å². The largest absolute Gasteiger partial charge is 0.459 e. The third kappa shape index (κ3) is 5.52. The maximum atomic E-state index is 11.6. The molecule has 1 saturated heterocycles. The Hall–Kier alpha value is -1.82. The number of rotatable bonds is 7. The molecule has 122 valence electrons. The van der Waals surface area contributed by atoms with Crippen LogP contribution in [0.15, 0.2) is 22.8 Å². The quantitative estimate of drug-likeness (QED) is 0.744. The molecular weight excluding hydrogens is 282 g/mol. The second-order valence-corrected chi connectivity index (χ2v) is 5.89. The van der Waals surface area contributed by atoms with Gasteiger partial charge in [-0.2, -0.15) is 0 Å². The van der Waals surface area contributed by atoms with Crippen LogP contribution < -0.4 is 10.6 Å². The first-order chi connectivity index (χ1) is 10.6. The Morgan fingerprint density at radius 2 is 2.09 bits per heavy atom. The van der Waals surface area contributed by atoms with E-state index in [0.717, 1.165) is 32.0 Å². The molecule has 0 spiro atoms. The van der Waals surface area contributed by atoms with Gasteiger partial charge in [0.15, 0.2) is 5.76 Å². The number of carbonyl (C=O) groups excluding carboxylic acids is 2. The Morgan fingerprint density at radius 1 is 1.32 bits per heavy atom. The summed E-state index contributed by atoms with van der Waals surface area (Å²) in [5.41, 5.74) is 0. The minimum atomic E-state index is -0.373. The molecule has 1 aromatic heterocycles. The van der Waals surface area contributed by atoms with E-state index in [2.05, 4.69) is 22.5 Å². The smallest absolute Gasteiger partial charge is 0.287 e. The summed E-state index contributed by atoms with van der Waals surface area (Å²) in [5, 5.41) is 5.35. The summed E-state index contributed by atoms with van der Waals surface area (Å²) in [6.07, 6.45) is 4.90. The van der Waals surface area contributed by atoms with Gasteiger partial charge in [-0.25, -0.2) is 0 Å². The van der Waals surface area contributed by atoms with Crippen LogP contribution in [0.1, 0.15) is 36.7 Å². The van der Waals surface area contributed by atoms with Gasteiger partial charge in [0.1, 0.15) is 0 Å². The van der Waals surface area contributed by atoms with Crippen molar-refractivity contribution in [3.63, 3.8) is 0 Å². The number of likely N-dealkylation sites (tertiary alicyclic amines) is 1. The predicted molar refractivity (Wildman–Crippen MR) is 83.5 cm³/mol. The number of hydrogen-bond donors (Lipinski definition) is 2. The number of carbonyl (C=O) groups is 2. The van der Waals surface area contributed by atoms with Crippen LogP contribution in [0.25, 0.3) is 0 Å². The van der Waals surface area contributed by atoms with Gasteiger partial charge in [-0.1, -0.05) is 6.92 Å². The van der Waals surface area contributed by atoms with E-state index in [-0.39, 0.29) is 24.1 Å². The number of furan rings is 1. The van der Waals surface area contributed by atoms with Crippen LogP contribution in [0.5, 0.6) is 0 Å². The molecule has 0 bridgehead atoms. The number of nitrogens with one attached hydrogen (secondary N) is 2. The zero-order valence-corrected chi connectivity index (χ0v) is 13.1. The van der Waals surface area contributed by atoms with Crippen LogP contribution in [0, 0.1) is 5.92 Å². The summed E-state index contributed by atoms with van der Waals surface area (Å²) in [4.78, 5) is 25.7. The van der Waals surface area contributed by atoms with Gasteiger partial charge < -0.3 is 20.0 Å². The molecule has 0 unspecified atom stereocenters. The summed E-state index contributed by atoms with van der Waals surface area (Å²) in [7, 11) is 0. The van der Waals surface area contributed by atoms with Crippen molar-refractivity contribution in [3.05, 3.63) is 24.2 Å². The van der Waals surface area contributed by atoms with E-state index in [4.69, 9.17) is 4.42 Å². The lowest BCUT2D eigenvalue weighted by Crippen LogP contribution is -2.39. The van der Waals surface area contributed by atoms with Crippen LogP contribution >= 0.6 is 0 Å². The summed E-state index contributed by atoms with van der Waals surface area (Å²) >= 11 is 0. The molecule has 2 N–H and O–H groups in total. The van der Waals surface area contributed by atoms with E-state index in [1.165, 1.54) is 19.1 Å². The van der Waals surface area contributed by atoms with Crippen LogP contribution in [-0.4, -0.2) is 49.4 Å². The molecule has 1 aliphatic rings. The fraction of sp³-hybridized carbons (Fsp3) is 0.625. The maximum Gasteiger partial charge on any atom is 0.287 e. The SMILES string of the molecule is CC1CCN(CCCNC(=O)CNC(=O)c2ccco2)CC1. The first kappa shape index (κ1) is 16.5. The highest BCUT2D eigenvalue weighted by atomic mass is 16.3. The van der Waals surface area contributed by atoms with Crippen LogP contribution in [-0.2, 0) is 4.79 Å². The van der Waals surface area contributed by atoms with E-state index in [1.54, 1.807) is 12.1 Å². The van der Waals surface area contributed by atoms with Crippen molar-refractivity contribution in [1.82, 2.24) is 15.5 Å². The van der Waals surface area contributed by atoms with E-state index >= 15 is 0 Å². The molecule has 0 aliphatic carbocycles. The van der Waals surface area contributed by atoms with Crippen molar-refractivity contribution in [3.8, 4) is 0 Å². The van der Waals surface area contributed by atoms with Gasteiger partial charge in [-0.15, -0.1) is 0 Å². The first-order valence-electron chi connectivity index (χ1n) is 7.96. The van der Waals surface area contributed by atoms with Crippen molar-refractivity contribution in [2.24, 2.45) is 5.92 Å². The lowest BCUT2D eigenvalue weighted by Gasteiger charge is -2.30. The molecule has 22 heavy (non-hydrogen) atoms. The van der Waals surface area contributed by atoms with Gasteiger partial charge in [0.2, 0.25) is 5.91 Å². The molecule has 1 aromatic rings. The van der Waals surface area contributed by atoms with Gasteiger partial charge in [0, 0.05) is 6.54 Å². The van der Waals surface area contributed by atoms with Gasteiger partial charge in [0.25, 0.3) is 5.91 Å². The van der Waals surface area contributed by atoms with E-state index < -0.39 is 0 Å². The van der Waals surface area contributed by atoms with Gasteiger partial charge in [0.05, 0.1) is 12.8 Å². The maximum absolute atomic E-state index is 11.6. The molecule has 0 saturated carbocycles. The Bertz CT molecular complexity index is 465. The molecule has 2 rings (SSSR count). The monoisotopic (exact) mass is 307 g/mol. The molecule has 0 radical (unpaired) electrons. The number of piperidine rings is 1. The van der Waals surface area contributed by atoms with Crippen molar-refractivity contribution < 1.29 is 14.0 Å². The molecule has 2 amide bonds. The van der Waals surface area contributed by atoms with E-state index in [0.29, 0.717) is 6.54 Å². The number of amides is 2. The highest BCUT2D eigenvalue weighted by Crippen LogP contribution is 2.15. The topological polar surface area (TPSA) is 74.6 Å². The Balaban J connectivity index is 1.52. The molecular formula is C16H25N3O3. The molecule has 0 atom stereocenters. The predicted octanol–water partition coefficient (Wildman–Crippen LogP) is 1.25. The van der Waals surface area contributed by atoms with Gasteiger partial charge in [-0.3, -0.25) is 9.59 Å². The van der Waals surface area contributed by atoms with Crippen LogP contribution in [0.4, 0.5) is 0 Å². The Labute approximate surface area is 131 Å². The Morgan fingerprint density at radius 3 is 2.77 bits per heavy atom. The van der Waals surface area contributed by atoms with Crippen LogP contribution in [0.2, 0.25) is 0 Å². The van der Waals surface area contributed by atoms with Crippen molar-refractivity contribution in [2.45, 2.75) is 26.2 Å². The second-order valence-electron chi connectivity index (χ2n) is 5.89. The third-order valence-electron chi connectivity index (χ3n) is 4.00. The molecule has 1 fully saturated rings. The fourth-order valence-electron chi connectivity index (χ4n) is 2.53. The summed E-state index contributed by atoms with van der Waals surface area (Å²) in [6, 6.07) is 3.20. The zero-order chi connectivity index (χ0) is 15.8. The minimum absolute atomic E-state index is 0.0270. The van der Waals surface area contributed by atoms with Gasteiger partial charge >= 0.3 is 0 Å². The minimum Gasteiger partial charge on any atom is -0.459 e. The van der Waals surface area contributed by atoms with Crippen molar-refractivity contribution in [1.29, 1.82) is 0 Å². The molecule has 6 nitrogen and oxygen atoms in total. The number of nitrogens with zero attached hydrogens (tertiary/aromatic N) is 1. The second kappa shape index (κ2) is 8.58. The molecule has 2 heterocycles. The highest BCUT2D eigenvalue weighted by molar-refractivity contribution is 5.94. The highest BCUT2D eigenvalue weighted by Gasteiger charge is 2.15. The lowest BCUT2D eigenvalue weighted by atomic mass is 9.99. The Kier molecular flexibility index (Phi) is 6.45. The molecule has 1 aliphatic heterocycles. The van der Waals surface area contributed by atoms with E-state index in [9.17, 15) is 9.59 Å². The lowest BCUT2D eigenvalue weighted by molar-refractivity contribution is -0.120. The number of hydrogen-bond acceptors (Lipinski definition) is 4. The first-order valence-corrected chi connectivity index (χ1v) is 7.96.